The number of hydrogen-bond acceptors (Lipinski definition) is 3. The van der Waals surface area contributed by atoms with E-state index in [0.29, 0.717) is 5.54 Å². The van der Waals surface area contributed by atoms with E-state index in [1.165, 1.54) is 53.4 Å². The fourth-order valence-corrected chi connectivity index (χ4v) is 5.32. The maximum absolute atomic E-state index is 5.70. The predicted octanol–water partition coefficient (Wildman–Crippen LogP) is 5.74. The maximum atomic E-state index is 5.70. The van der Waals surface area contributed by atoms with Crippen molar-refractivity contribution in [3.8, 4) is 5.75 Å². The molecule has 1 aromatic heterocycles. The Kier molecular flexibility index (Phi) is 4.08. The lowest BCUT2D eigenvalue weighted by Gasteiger charge is -2.55. The number of nitrogens with zero attached hydrogens (tertiary/aromatic N) is 2. The molecule has 2 aromatic carbocycles. The molecule has 28 heavy (non-hydrogen) atoms. The van der Waals surface area contributed by atoms with E-state index in [9.17, 15) is 0 Å². The Balaban J connectivity index is 1.60. The van der Waals surface area contributed by atoms with Crippen LogP contribution in [0.25, 0.3) is 10.9 Å². The first kappa shape index (κ1) is 17.5. The highest BCUT2D eigenvalue weighted by molar-refractivity contribution is 5.78. The molecule has 1 fully saturated rings. The summed E-state index contributed by atoms with van der Waals surface area (Å²) in [6, 6.07) is 15.2. The molecule has 2 heterocycles. The number of ether oxygens (including phenoxy) is 1. The maximum Gasteiger partial charge on any atom is 0.125 e. The molecule has 1 aliphatic carbocycles. The molecular formula is C25H28N2O. The molecule has 3 heteroatoms. The lowest BCUT2D eigenvalue weighted by atomic mass is 9.68. The van der Waals surface area contributed by atoms with Gasteiger partial charge in [0.25, 0.3) is 0 Å². The second-order valence-corrected chi connectivity index (χ2v) is 8.51. The van der Waals surface area contributed by atoms with Crippen molar-refractivity contribution in [1.29, 1.82) is 0 Å². The minimum atomic E-state index is 0.313. The van der Waals surface area contributed by atoms with Gasteiger partial charge in [-0.3, -0.25) is 4.98 Å². The molecule has 0 bridgehead atoms. The number of aryl methyl sites for hydroxylation is 1. The van der Waals surface area contributed by atoms with Crippen molar-refractivity contribution < 1.29 is 4.74 Å². The van der Waals surface area contributed by atoms with Crippen LogP contribution >= 0.6 is 0 Å². The molecular weight excluding hydrogens is 344 g/mol. The van der Waals surface area contributed by atoms with Crippen molar-refractivity contribution in [2.75, 3.05) is 12.0 Å². The number of rotatable bonds is 3. The van der Waals surface area contributed by atoms with E-state index in [0.717, 1.165) is 29.9 Å². The molecule has 0 radical (unpaired) electrons. The van der Waals surface area contributed by atoms with E-state index >= 15 is 0 Å². The molecule has 144 valence electrons. The summed E-state index contributed by atoms with van der Waals surface area (Å²) in [6.07, 6.45) is 6.32. The van der Waals surface area contributed by atoms with Crippen LogP contribution in [0.2, 0.25) is 0 Å². The van der Waals surface area contributed by atoms with Crippen molar-refractivity contribution in [1.82, 2.24) is 4.98 Å². The summed E-state index contributed by atoms with van der Waals surface area (Å²) in [6.45, 7) is 5.26. The minimum Gasteiger partial charge on any atom is -0.496 e. The van der Waals surface area contributed by atoms with Crippen LogP contribution in [0.1, 0.15) is 48.1 Å². The van der Waals surface area contributed by atoms with Gasteiger partial charge in [-0.05, 0) is 80.8 Å². The number of para-hydroxylation sites is 1. The first-order valence-electron chi connectivity index (χ1n) is 10.4. The molecule has 1 saturated carbocycles. The molecule has 3 aromatic rings. The molecule has 0 saturated heterocycles. The van der Waals surface area contributed by atoms with Gasteiger partial charge in [0.2, 0.25) is 0 Å². The van der Waals surface area contributed by atoms with Crippen LogP contribution < -0.4 is 9.64 Å². The van der Waals surface area contributed by atoms with Gasteiger partial charge in [0.15, 0.2) is 0 Å². The summed E-state index contributed by atoms with van der Waals surface area (Å²) in [5.41, 5.74) is 7.95. The summed E-state index contributed by atoms with van der Waals surface area (Å²) < 4.78 is 5.70. The van der Waals surface area contributed by atoms with E-state index in [-0.39, 0.29) is 0 Å². The molecule has 1 spiro atoms. The van der Waals surface area contributed by atoms with E-state index in [1.54, 1.807) is 7.11 Å². The Morgan fingerprint density at radius 1 is 1.07 bits per heavy atom. The zero-order valence-electron chi connectivity index (χ0n) is 17.1. The smallest absolute Gasteiger partial charge is 0.125 e. The first-order valence-corrected chi connectivity index (χ1v) is 10.4. The van der Waals surface area contributed by atoms with Crippen molar-refractivity contribution >= 4 is 16.6 Å². The zero-order valence-corrected chi connectivity index (χ0v) is 17.1. The highest BCUT2D eigenvalue weighted by atomic mass is 16.5. The average Bonchev–Trinajstić information content (AvgIpc) is 2.67. The molecule has 0 atom stereocenters. The van der Waals surface area contributed by atoms with Gasteiger partial charge in [-0.1, -0.05) is 24.3 Å². The third kappa shape index (κ3) is 2.60. The summed E-state index contributed by atoms with van der Waals surface area (Å²) in [5, 5.41) is 1.21. The summed E-state index contributed by atoms with van der Waals surface area (Å²) in [5.74, 6) is 1.05. The van der Waals surface area contributed by atoms with Gasteiger partial charge in [-0.25, -0.2) is 0 Å². The van der Waals surface area contributed by atoms with Gasteiger partial charge in [-0.15, -0.1) is 0 Å². The van der Waals surface area contributed by atoms with Crippen LogP contribution in [0.15, 0.2) is 42.5 Å². The standard InChI is InChI=1S/C25H28N2O/c1-17-15-23-21(18(2)24(17)28-3)11-14-25(12-6-13-25)27(23)16-20-10-9-19-7-4-5-8-22(19)26-20/h4-5,7-10,15H,6,11-14,16H2,1-3H3. The molecule has 2 aliphatic rings. The Labute approximate surface area is 167 Å². The highest BCUT2D eigenvalue weighted by Crippen LogP contribution is 2.51. The minimum absolute atomic E-state index is 0.313. The van der Waals surface area contributed by atoms with Crippen molar-refractivity contribution in [2.45, 2.75) is 58.0 Å². The quantitative estimate of drug-likeness (QED) is 0.586. The van der Waals surface area contributed by atoms with Crippen molar-refractivity contribution in [3.05, 3.63) is 64.8 Å². The normalized spacial score (nSPS) is 17.5. The van der Waals surface area contributed by atoms with Gasteiger partial charge in [0.1, 0.15) is 5.75 Å². The van der Waals surface area contributed by atoms with Crippen LogP contribution in [0.5, 0.6) is 5.75 Å². The second kappa shape index (κ2) is 6.51. The van der Waals surface area contributed by atoms with Gasteiger partial charge in [0, 0.05) is 16.6 Å². The molecule has 1 aliphatic heterocycles. The van der Waals surface area contributed by atoms with Crippen molar-refractivity contribution in [3.63, 3.8) is 0 Å². The Bertz CT molecular complexity index is 1050. The molecule has 3 nitrogen and oxygen atoms in total. The van der Waals surface area contributed by atoms with Crippen molar-refractivity contribution in [2.24, 2.45) is 0 Å². The number of pyridine rings is 1. The number of fused-ring (bicyclic) bond motifs is 2. The first-order chi connectivity index (χ1) is 13.6. The number of anilines is 1. The SMILES string of the molecule is COc1c(C)cc2c(c1C)CCC1(CCC1)N2Cc1ccc2ccccc2n1. The van der Waals surface area contributed by atoms with E-state index < -0.39 is 0 Å². The van der Waals surface area contributed by atoms with Crippen LogP contribution in [-0.2, 0) is 13.0 Å². The number of methoxy groups -OCH3 is 1. The van der Waals surface area contributed by atoms with Gasteiger partial charge in [0.05, 0.1) is 24.9 Å². The fourth-order valence-electron chi connectivity index (χ4n) is 5.32. The highest BCUT2D eigenvalue weighted by Gasteiger charge is 2.46. The third-order valence-corrected chi connectivity index (χ3v) is 6.98. The fraction of sp³-hybridized carbons (Fsp3) is 0.400. The lowest BCUT2D eigenvalue weighted by molar-refractivity contribution is 0.200. The van der Waals surface area contributed by atoms with Crippen LogP contribution in [0, 0.1) is 13.8 Å². The van der Waals surface area contributed by atoms with Crippen LogP contribution in [-0.4, -0.2) is 17.6 Å². The number of aromatic nitrogens is 1. The molecule has 0 N–H and O–H groups in total. The molecule has 0 amide bonds. The average molecular weight is 373 g/mol. The van der Waals surface area contributed by atoms with Gasteiger partial charge in [-0.2, -0.15) is 0 Å². The Hall–Kier alpha value is -2.55. The van der Waals surface area contributed by atoms with Crippen LogP contribution in [0.3, 0.4) is 0 Å². The predicted molar refractivity (Wildman–Crippen MR) is 115 cm³/mol. The monoisotopic (exact) mass is 372 g/mol. The molecule has 5 rings (SSSR count). The zero-order chi connectivity index (χ0) is 19.3. The summed E-state index contributed by atoms with van der Waals surface area (Å²) in [7, 11) is 1.79. The van der Waals surface area contributed by atoms with E-state index in [1.807, 2.05) is 0 Å². The Morgan fingerprint density at radius 2 is 1.89 bits per heavy atom. The Morgan fingerprint density at radius 3 is 2.64 bits per heavy atom. The van der Waals surface area contributed by atoms with E-state index in [2.05, 4.69) is 61.2 Å². The second-order valence-electron chi connectivity index (χ2n) is 8.51. The third-order valence-electron chi connectivity index (χ3n) is 6.98. The lowest BCUT2D eigenvalue weighted by Crippen LogP contribution is -2.56. The van der Waals surface area contributed by atoms with E-state index in [4.69, 9.17) is 9.72 Å². The number of hydrogen-bond donors (Lipinski definition) is 0. The van der Waals surface area contributed by atoms with Gasteiger partial charge >= 0.3 is 0 Å². The molecule has 0 unspecified atom stereocenters. The van der Waals surface area contributed by atoms with Crippen LogP contribution in [0.4, 0.5) is 5.69 Å². The topological polar surface area (TPSA) is 25.4 Å². The summed E-state index contributed by atoms with van der Waals surface area (Å²) in [4.78, 5) is 7.65. The summed E-state index contributed by atoms with van der Waals surface area (Å²) >= 11 is 0. The largest absolute Gasteiger partial charge is 0.496 e. The van der Waals surface area contributed by atoms with Gasteiger partial charge < -0.3 is 9.64 Å². The number of benzene rings is 2.